The summed E-state index contributed by atoms with van der Waals surface area (Å²) in [6.07, 6.45) is -5.61. The van der Waals surface area contributed by atoms with Crippen LogP contribution >= 0.6 is 11.6 Å². The number of halogens is 4. The first-order chi connectivity index (χ1) is 15.1. The molecule has 1 fully saturated rings. The second kappa shape index (κ2) is 10.3. The van der Waals surface area contributed by atoms with E-state index < -0.39 is 24.5 Å². The van der Waals surface area contributed by atoms with Crippen LogP contribution in [0.25, 0.3) is 10.9 Å². The number of alkyl halides is 3. The molecule has 0 atom stereocenters. The number of amides is 2. The zero-order chi connectivity index (χ0) is 23.3. The Labute approximate surface area is 186 Å². The van der Waals surface area contributed by atoms with Crippen LogP contribution in [0.2, 0.25) is 5.02 Å². The van der Waals surface area contributed by atoms with Gasteiger partial charge in [0.15, 0.2) is 0 Å². The number of aromatic nitrogens is 1. The van der Waals surface area contributed by atoms with Crippen LogP contribution in [0.5, 0.6) is 0 Å². The quantitative estimate of drug-likeness (QED) is 0.582. The summed E-state index contributed by atoms with van der Waals surface area (Å²) >= 11 is 5.93. The van der Waals surface area contributed by atoms with Crippen molar-refractivity contribution in [3.05, 3.63) is 53.3 Å². The fraction of sp³-hybridized carbons (Fsp3) is 0.381. The lowest BCUT2D eigenvalue weighted by Crippen LogP contribution is -2.42. The van der Waals surface area contributed by atoms with Crippen LogP contribution in [0.3, 0.4) is 0 Å². The molecule has 1 saturated carbocycles. The first-order valence-electron chi connectivity index (χ1n) is 9.77. The van der Waals surface area contributed by atoms with Crippen LogP contribution in [0, 0.1) is 0 Å². The molecule has 32 heavy (non-hydrogen) atoms. The molecule has 0 bridgehead atoms. The molecule has 172 valence electrons. The van der Waals surface area contributed by atoms with Crippen molar-refractivity contribution in [3.8, 4) is 0 Å². The molecule has 1 heterocycles. The second-order valence-electron chi connectivity index (χ2n) is 7.28. The van der Waals surface area contributed by atoms with Crippen molar-refractivity contribution >= 4 is 34.3 Å². The molecule has 1 aliphatic rings. The molecule has 0 aliphatic heterocycles. The van der Waals surface area contributed by atoms with Crippen molar-refractivity contribution in [1.82, 2.24) is 15.6 Å². The van der Waals surface area contributed by atoms with Crippen LogP contribution in [0.4, 0.5) is 13.2 Å². The number of hydrogen-bond donors (Lipinski definition) is 2. The van der Waals surface area contributed by atoms with Gasteiger partial charge in [-0.3, -0.25) is 14.3 Å². The summed E-state index contributed by atoms with van der Waals surface area (Å²) in [7, 11) is 0. The minimum Gasteiger partial charge on any atom is -0.368 e. The monoisotopic (exact) mass is 471 g/mol. The largest absolute Gasteiger partial charge is 0.522 e. The Morgan fingerprint density at radius 3 is 2.66 bits per heavy atom. The van der Waals surface area contributed by atoms with Gasteiger partial charge in [0, 0.05) is 41.9 Å². The average molecular weight is 472 g/mol. The molecule has 7 nitrogen and oxygen atoms in total. The highest BCUT2D eigenvalue weighted by Crippen LogP contribution is 2.32. The molecule has 2 aromatic rings. The highest BCUT2D eigenvalue weighted by Gasteiger charge is 2.40. The van der Waals surface area contributed by atoms with Crippen LogP contribution in [0.15, 0.2) is 42.6 Å². The van der Waals surface area contributed by atoms with Gasteiger partial charge in [-0.2, -0.15) is 0 Å². The molecular formula is C21H21ClF3N3O4. The lowest BCUT2D eigenvalue weighted by atomic mass is 9.92. The highest BCUT2D eigenvalue weighted by molar-refractivity contribution is 6.31. The van der Waals surface area contributed by atoms with E-state index in [1.165, 1.54) is 0 Å². The smallest absolute Gasteiger partial charge is 0.368 e. The molecule has 0 saturated heterocycles. The number of pyridine rings is 1. The van der Waals surface area contributed by atoms with Gasteiger partial charge in [-0.05, 0) is 24.3 Å². The van der Waals surface area contributed by atoms with Gasteiger partial charge in [-0.15, -0.1) is 13.2 Å². The molecule has 0 spiro atoms. The van der Waals surface area contributed by atoms with Gasteiger partial charge in [0.05, 0.1) is 17.7 Å². The number of carbonyl (C=O) groups is 2. The Morgan fingerprint density at radius 1 is 1.19 bits per heavy atom. The number of rotatable bonds is 9. The number of carbonyl (C=O) groups excluding carboxylic acids is 2. The van der Waals surface area contributed by atoms with Crippen molar-refractivity contribution in [3.63, 3.8) is 0 Å². The fourth-order valence-electron chi connectivity index (χ4n) is 3.07. The van der Waals surface area contributed by atoms with E-state index >= 15 is 0 Å². The summed E-state index contributed by atoms with van der Waals surface area (Å²) < 4.78 is 45.3. The van der Waals surface area contributed by atoms with Gasteiger partial charge in [0.25, 0.3) is 5.91 Å². The SMILES string of the molecule is C=C(CCNC(=O)c1ccc2cc(Cl)ccc2n1)NC(=O)COC1CC(OC(F)(F)F)C1. The van der Waals surface area contributed by atoms with E-state index in [9.17, 15) is 22.8 Å². The summed E-state index contributed by atoms with van der Waals surface area (Å²) in [5, 5.41) is 6.62. The van der Waals surface area contributed by atoms with Gasteiger partial charge >= 0.3 is 6.36 Å². The summed E-state index contributed by atoms with van der Waals surface area (Å²) in [6.45, 7) is 3.63. The molecule has 1 aromatic heterocycles. The summed E-state index contributed by atoms with van der Waals surface area (Å²) in [5.74, 6) is -0.846. The molecule has 0 radical (unpaired) electrons. The van der Waals surface area contributed by atoms with Crippen molar-refractivity contribution < 1.29 is 32.2 Å². The van der Waals surface area contributed by atoms with E-state index in [2.05, 4.69) is 26.9 Å². The second-order valence-corrected chi connectivity index (χ2v) is 7.72. The van der Waals surface area contributed by atoms with Crippen molar-refractivity contribution in [2.24, 2.45) is 0 Å². The summed E-state index contributed by atoms with van der Waals surface area (Å²) in [6, 6.07) is 8.51. The van der Waals surface area contributed by atoms with Gasteiger partial charge in [0.2, 0.25) is 5.91 Å². The zero-order valence-corrected chi connectivity index (χ0v) is 17.6. The standard InChI is InChI=1S/C21H21ClF3N3O4/c1-12(27-19(29)11-31-15-9-16(10-15)32-21(23,24)25)6-7-26-20(30)18-4-2-13-8-14(22)3-5-17(13)28-18/h2-5,8,15-16H,1,6-7,9-11H2,(H,26,30)(H,27,29). The third-order valence-corrected chi connectivity index (χ3v) is 4.95. The Morgan fingerprint density at radius 2 is 1.94 bits per heavy atom. The number of ether oxygens (including phenoxy) is 2. The Hall–Kier alpha value is -2.69. The van der Waals surface area contributed by atoms with E-state index in [1.54, 1.807) is 30.3 Å². The van der Waals surface area contributed by atoms with E-state index in [4.69, 9.17) is 16.3 Å². The molecule has 1 aliphatic carbocycles. The first kappa shape index (κ1) is 24.0. The maximum atomic E-state index is 12.3. The minimum absolute atomic E-state index is 0.0790. The molecule has 0 unspecified atom stereocenters. The van der Waals surface area contributed by atoms with Crippen molar-refractivity contribution in [2.75, 3.05) is 13.2 Å². The maximum absolute atomic E-state index is 12.3. The number of benzene rings is 1. The van der Waals surface area contributed by atoms with Crippen LogP contribution in [-0.2, 0) is 14.3 Å². The van der Waals surface area contributed by atoms with E-state index in [1.807, 2.05) is 0 Å². The van der Waals surface area contributed by atoms with E-state index in [0.717, 1.165) is 5.39 Å². The number of nitrogens with zero attached hydrogens (tertiary/aromatic N) is 1. The summed E-state index contributed by atoms with van der Waals surface area (Å²) in [4.78, 5) is 28.4. The number of fused-ring (bicyclic) bond motifs is 1. The van der Waals surface area contributed by atoms with Crippen LogP contribution < -0.4 is 10.6 Å². The van der Waals surface area contributed by atoms with Crippen molar-refractivity contribution in [1.29, 1.82) is 0 Å². The zero-order valence-electron chi connectivity index (χ0n) is 16.9. The minimum atomic E-state index is -4.67. The Kier molecular flexibility index (Phi) is 7.70. The van der Waals surface area contributed by atoms with Gasteiger partial charge in [0.1, 0.15) is 12.3 Å². The fourth-order valence-corrected chi connectivity index (χ4v) is 3.25. The Balaban J connectivity index is 1.32. The molecule has 2 amide bonds. The predicted molar refractivity (Wildman–Crippen MR) is 111 cm³/mol. The lowest BCUT2D eigenvalue weighted by molar-refractivity contribution is -0.357. The summed E-state index contributed by atoms with van der Waals surface area (Å²) in [5.41, 5.74) is 1.25. The third kappa shape index (κ3) is 7.18. The number of nitrogens with one attached hydrogen (secondary N) is 2. The molecule has 11 heteroatoms. The third-order valence-electron chi connectivity index (χ3n) is 4.71. The average Bonchev–Trinajstić information content (AvgIpc) is 2.68. The first-order valence-corrected chi connectivity index (χ1v) is 10.1. The van der Waals surface area contributed by atoms with E-state index in [0.29, 0.717) is 16.2 Å². The predicted octanol–water partition coefficient (Wildman–Crippen LogP) is 3.72. The van der Waals surface area contributed by atoms with Gasteiger partial charge < -0.3 is 15.4 Å². The van der Waals surface area contributed by atoms with Crippen molar-refractivity contribution in [2.45, 2.75) is 37.8 Å². The van der Waals surface area contributed by atoms with E-state index in [-0.39, 0.29) is 44.0 Å². The molecule has 1 aromatic carbocycles. The molecule has 2 N–H and O–H groups in total. The van der Waals surface area contributed by atoms with Gasteiger partial charge in [-0.1, -0.05) is 24.2 Å². The van der Waals surface area contributed by atoms with Gasteiger partial charge in [-0.25, -0.2) is 4.98 Å². The highest BCUT2D eigenvalue weighted by atomic mass is 35.5. The Bertz CT molecular complexity index is 1010. The molecular weight excluding hydrogens is 451 g/mol. The van der Waals surface area contributed by atoms with Crippen LogP contribution in [-0.4, -0.2) is 48.5 Å². The normalized spacial score (nSPS) is 18.1. The maximum Gasteiger partial charge on any atom is 0.522 e. The molecule has 3 rings (SSSR count). The lowest BCUT2D eigenvalue weighted by Gasteiger charge is -2.34. The number of hydrogen-bond acceptors (Lipinski definition) is 5. The topological polar surface area (TPSA) is 89.6 Å². The van der Waals surface area contributed by atoms with Crippen LogP contribution in [0.1, 0.15) is 29.8 Å².